The fraction of sp³-hybridized carbons (Fsp3) is 0.300. The fourth-order valence-electron chi connectivity index (χ4n) is 2.74. The van der Waals surface area contributed by atoms with Crippen molar-refractivity contribution in [1.82, 2.24) is 0 Å². The molecule has 0 aliphatic carbocycles. The summed E-state index contributed by atoms with van der Waals surface area (Å²) >= 11 is 0. The van der Waals surface area contributed by atoms with E-state index in [1.807, 2.05) is 5.32 Å². The lowest BCUT2D eigenvalue weighted by molar-refractivity contribution is -0.692. The van der Waals surface area contributed by atoms with E-state index in [9.17, 15) is 14.0 Å². The predicted octanol–water partition coefficient (Wildman–Crippen LogP) is 2.93. The Kier molecular flexibility index (Phi) is 6.42. The second kappa shape index (κ2) is 8.53. The van der Waals surface area contributed by atoms with Gasteiger partial charge in [0.05, 0.1) is 0 Å². The lowest BCUT2D eigenvalue weighted by atomic mass is 9.96. The quantitative estimate of drug-likeness (QED) is 0.759. The normalized spacial score (nSPS) is 12.0. The van der Waals surface area contributed by atoms with E-state index < -0.39 is 0 Å². The van der Waals surface area contributed by atoms with Crippen LogP contribution in [0.2, 0.25) is 0 Å². The monoisotopic (exact) mass is 343 g/mol. The summed E-state index contributed by atoms with van der Waals surface area (Å²) in [6.07, 6.45) is 0. The molecule has 0 saturated heterocycles. The number of quaternary nitrogens is 1. The highest BCUT2D eigenvalue weighted by Gasteiger charge is 2.20. The van der Waals surface area contributed by atoms with Crippen molar-refractivity contribution in [3.05, 3.63) is 65.5 Å². The van der Waals surface area contributed by atoms with Gasteiger partial charge in [-0.05, 0) is 31.2 Å². The second-order valence-corrected chi connectivity index (χ2v) is 6.45. The van der Waals surface area contributed by atoms with Gasteiger partial charge < -0.3 is 10.6 Å². The second-order valence-electron chi connectivity index (χ2n) is 6.45. The number of Topliss-reactive ketones (excluding diaryl/α,β-unsaturated/α-hetero) is 1. The van der Waals surface area contributed by atoms with Crippen molar-refractivity contribution in [3.8, 4) is 0 Å². The Bertz CT molecular complexity index is 742. The molecule has 0 saturated carbocycles. The minimum Gasteiger partial charge on any atom is -0.332 e. The van der Waals surface area contributed by atoms with E-state index in [1.165, 1.54) is 19.1 Å². The van der Waals surface area contributed by atoms with Crippen LogP contribution in [0.4, 0.5) is 10.1 Å². The van der Waals surface area contributed by atoms with E-state index in [0.29, 0.717) is 17.2 Å². The topological polar surface area (TPSA) is 62.8 Å². The van der Waals surface area contributed by atoms with Crippen LogP contribution in [-0.2, 0) is 4.79 Å². The van der Waals surface area contributed by atoms with Gasteiger partial charge in [-0.15, -0.1) is 0 Å². The molecule has 132 valence electrons. The maximum Gasteiger partial charge on any atom is 0.279 e. The third-order valence-corrected chi connectivity index (χ3v) is 4.08. The molecule has 0 aliphatic rings. The highest BCUT2D eigenvalue weighted by Crippen LogP contribution is 2.18. The van der Waals surface area contributed by atoms with Crippen LogP contribution in [0.15, 0.2) is 48.5 Å². The largest absolute Gasteiger partial charge is 0.332 e. The number of halogens is 1. The molecule has 0 unspecified atom stereocenters. The maximum atomic E-state index is 13.1. The molecule has 0 aliphatic heterocycles. The zero-order valence-electron chi connectivity index (χ0n) is 14.8. The summed E-state index contributed by atoms with van der Waals surface area (Å²) in [6.45, 7) is 5.87. The number of hydrogen-bond donors (Lipinski definition) is 2. The molecule has 25 heavy (non-hydrogen) atoms. The van der Waals surface area contributed by atoms with Crippen LogP contribution in [0, 0.1) is 11.7 Å². The molecule has 2 rings (SSSR count). The van der Waals surface area contributed by atoms with Gasteiger partial charge in [0.2, 0.25) is 0 Å². The molecular formula is C20H24FN2O2+. The van der Waals surface area contributed by atoms with Gasteiger partial charge in [-0.25, -0.2) is 4.39 Å². The number of rotatable bonds is 7. The first kappa shape index (κ1) is 18.8. The van der Waals surface area contributed by atoms with Crippen LogP contribution < -0.4 is 10.6 Å². The van der Waals surface area contributed by atoms with Gasteiger partial charge in [0.15, 0.2) is 12.3 Å². The summed E-state index contributed by atoms with van der Waals surface area (Å²) in [5.41, 5.74) is 2.16. The first-order valence-corrected chi connectivity index (χ1v) is 8.36. The zero-order valence-corrected chi connectivity index (χ0v) is 14.8. The number of carbonyl (C=O) groups is 2. The lowest BCUT2D eigenvalue weighted by Gasteiger charge is -2.19. The number of amides is 1. The standard InChI is InChI=1S/C20H23FN2O2/c1-13(2)20(15-7-9-17(21)10-8-15)22-12-19(25)23-18-6-4-5-16(11-18)14(3)24/h4-11,13,20,22H,12H2,1-3H3,(H,23,25)/p+1/t20-/m1/s1. The van der Waals surface area contributed by atoms with Gasteiger partial charge in [0, 0.05) is 22.7 Å². The van der Waals surface area contributed by atoms with Crippen LogP contribution in [0.3, 0.4) is 0 Å². The minimum absolute atomic E-state index is 0.0427. The lowest BCUT2D eigenvalue weighted by Crippen LogP contribution is -2.88. The molecule has 2 aromatic rings. The molecule has 0 radical (unpaired) electrons. The molecule has 1 amide bonds. The molecule has 4 nitrogen and oxygen atoms in total. The van der Waals surface area contributed by atoms with Crippen molar-refractivity contribution in [1.29, 1.82) is 0 Å². The smallest absolute Gasteiger partial charge is 0.279 e. The van der Waals surface area contributed by atoms with Crippen molar-refractivity contribution in [2.75, 3.05) is 11.9 Å². The van der Waals surface area contributed by atoms with Crippen LogP contribution >= 0.6 is 0 Å². The van der Waals surface area contributed by atoms with E-state index in [2.05, 4.69) is 19.2 Å². The molecule has 0 heterocycles. The van der Waals surface area contributed by atoms with Crippen LogP contribution in [0.5, 0.6) is 0 Å². The summed E-state index contributed by atoms with van der Waals surface area (Å²) in [4.78, 5) is 23.6. The van der Waals surface area contributed by atoms with Crippen molar-refractivity contribution in [2.45, 2.75) is 26.8 Å². The minimum atomic E-state index is -0.269. The summed E-state index contributed by atoms with van der Waals surface area (Å²) in [5.74, 6) is -0.166. The maximum absolute atomic E-state index is 13.1. The Labute approximate surface area is 147 Å². The predicted molar refractivity (Wildman–Crippen MR) is 95.8 cm³/mol. The van der Waals surface area contributed by atoms with E-state index in [4.69, 9.17) is 0 Å². The van der Waals surface area contributed by atoms with Gasteiger partial charge in [-0.1, -0.05) is 38.1 Å². The molecular weight excluding hydrogens is 319 g/mol. The van der Waals surface area contributed by atoms with Crippen molar-refractivity contribution < 1.29 is 19.3 Å². The molecule has 5 heteroatoms. The van der Waals surface area contributed by atoms with E-state index in [0.717, 1.165) is 5.56 Å². The van der Waals surface area contributed by atoms with Crippen LogP contribution in [0.1, 0.15) is 42.7 Å². The number of hydrogen-bond acceptors (Lipinski definition) is 2. The molecule has 3 N–H and O–H groups in total. The Hall–Kier alpha value is -2.53. The third-order valence-electron chi connectivity index (χ3n) is 4.08. The Balaban J connectivity index is 1.98. The SMILES string of the molecule is CC(=O)c1cccc(NC(=O)C[NH2+][C@@H](c2ccc(F)cc2)C(C)C)c1. The van der Waals surface area contributed by atoms with Crippen molar-refractivity contribution in [2.24, 2.45) is 5.92 Å². The molecule has 0 bridgehead atoms. The van der Waals surface area contributed by atoms with E-state index >= 15 is 0 Å². The number of nitrogens with two attached hydrogens (primary N) is 1. The van der Waals surface area contributed by atoms with Gasteiger partial charge in [0.1, 0.15) is 11.9 Å². The number of ketones is 1. The average molecular weight is 343 g/mol. The third kappa shape index (κ3) is 5.50. The number of nitrogens with one attached hydrogen (secondary N) is 1. The summed E-state index contributed by atoms with van der Waals surface area (Å²) in [5, 5.41) is 4.76. The number of benzene rings is 2. The molecule has 0 fully saturated rings. The van der Waals surface area contributed by atoms with E-state index in [-0.39, 0.29) is 30.1 Å². The Morgan fingerprint density at radius 2 is 1.80 bits per heavy atom. The average Bonchev–Trinajstić information content (AvgIpc) is 2.56. The molecule has 2 aromatic carbocycles. The fourth-order valence-corrected chi connectivity index (χ4v) is 2.74. The Morgan fingerprint density at radius 3 is 2.40 bits per heavy atom. The molecule has 0 aromatic heterocycles. The van der Waals surface area contributed by atoms with Gasteiger partial charge in [-0.2, -0.15) is 0 Å². The van der Waals surface area contributed by atoms with Gasteiger partial charge in [0.25, 0.3) is 5.91 Å². The highest BCUT2D eigenvalue weighted by molar-refractivity contribution is 5.97. The van der Waals surface area contributed by atoms with Crippen LogP contribution in [0.25, 0.3) is 0 Å². The van der Waals surface area contributed by atoms with Gasteiger partial charge in [-0.3, -0.25) is 9.59 Å². The summed E-state index contributed by atoms with van der Waals surface area (Å²) < 4.78 is 13.1. The van der Waals surface area contributed by atoms with Gasteiger partial charge >= 0.3 is 0 Å². The zero-order chi connectivity index (χ0) is 18.4. The molecule has 1 atom stereocenters. The number of anilines is 1. The van der Waals surface area contributed by atoms with Crippen molar-refractivity contribution in [3.63, 3.8) is 0 Å². The van der Waals surface area contributed by atoms with E-state index in [1.54, 1.807) is 36.4 Å². The number of carbonyl (C=O) groups excluding carboxylic acids is 2. The first-order chi connectivity index (χ1) is 11.9. The summed E-state index contributed by atoms with van der Waals surface area (Å²) in [7, 11) is 0. The van der Waals surface area contributed by atoms with Crippen LogP contribution in [-0.4, -0.2) is 18.2 Å². The first-order valence-electron chi connectivity index (χ1n) is 8.36. The molecule has 0 spiro atoms. The highest BCUT2D eigenvalue weighted by atomic mass is 19.1. The Morgan fingerprint density at radius 1 is 1.12 bits per heavy atom. The van der Waals surface area contributed by atoms with Crippen molar-refractivity contribution >= 4 is 17.4 Å². The summed E-state index contributed by atoms with van der Waals surface area (Å²) in [6, 6.07) is 13.3.